The summed E-state index contributed by atoms with van der Waals surface area (Å²) >= 11 is 13.0. The maximum atomic E-state index is 12.6. The van der Waals surface area contributed by atoms with E-state index >= 15 is 0 Å². The van der Waals surface area contributed by atoms with Crippen molar-refractivity contribution >= 4 is 64.5 Å². The van der Waals surface area contributed by atoms with Gasteiger partial charge in [0.15, 0.2) is 11.7 Å². The van der Waals surface area contributed by atoms with Gasteiger partial charge in [0.1, 0.15) is 5.15 Å². The number of hydrogen-bond donors (Lipinski definition) is 2. The molecule has 0 saturated carbocycles. The predicted octanol–water partition coefficient (Wildman–Crippen LogP) is 4.72. The number of aliphatic imine (C=N–C) groups is 1. The molecule has 0 spiro atoms. The Hall–Kier alpha value is -0.720. The molecule has 0 saturated heterocycles. The van der Waals surface area contributed by atoms with Gasteiger partial charge in [0.25, 0.3) is 0 Å². The highest BCUT2D eigenvalue weighted by molar-refractivity contribution is 14.0. The predicted molar refractivity (Wildman–Crippen MR) is 114 cm³/mol. The van der Waals surface area contributed by atoms with Crippen molar-refractivity contribution < 1.29 is 13.2 Å². The molecule has 0 atom stereocenters. The number of aromatic nitrogens is 2. The minimum atomic E-state index is -4.41. The monoisotopic (exact) mass is 555 g/mol. The highest BCUT2D eigenvalue weighted by atomic mass is 127. The quantitative estimate of drug-likeness (QED) is 0.308. The van der Waals surface area contributed by atoms with Gasteiger partial charge in [0.05, 0.1) is 16.6 Å². The zero-order valence-corrected chi connectivity index (χ0v) is 19.2. The van der Waals surface area contributed by atoms with Crippen molar-refractivity contribution in [3.8, 4) is 0 Å². The van der Waals surface area contributed by atoms with Gasteiger partial charge in [-0.15, -0.1) is 35.3 Å². The van der Waals surface area contributed by atoms with Crippen LogP contribution in [0.15, 0.2) is 16.4 Å². The van der Waals surface area contributed by atoms with Gasteiger partial charge in [0, 0.05) is 37.6 Å². The largest absolute Gasteiger partial charge is 0.434 e. The van der Waals surface area contributed by atoms with E-state index < -0.39 is 11.9 Å². The lowest BCUT2D eigenvalue weighted by molar-refractivity contribution is -0.140. The summed E-state index contributed by atoms with van der Waals surface area (Å²) in [7, 11) is 1.79. The highest BCUT2D eigenvalue weighted by Crippen LogP contribution is 2.30. The molecule has 2 rings (SSSR count). The molecule has 2 aromatic heterocycles. The molecule has 2 aromatic rings. The van der Waals surface area contributed by atoms with Crippen LogP contribution in [0.3, 0.4) is 0 Å². The summed E-state index contributed by atoms with van der Waals surface area (Å²) in [5.74, 6) is 0.550. The fourth-order valence-electron chi connectivity index (χ4n) is 2.09. The molecule has 0 aliphatic carbocycles. The lowest BCUT2D eigenvalue weighted by Crippen LogP contribution is -2.38. The molecule has 12 heteroatoms. The second-order valence-corrected chi connectivity index (χ2v) is 7.04. The average molecular weight is 556 g/mol. The van der Waals surface area contributed by atoms with Crippen LogP contribution in [0.4, 0.5) is 13.2 Å². The maximum absolute atomic E-state index is 12.6. The van der Waals surface area contributed by atoms with Crippen molar-refractivity contribution in [1.82, 2.24) is 20.2 Å². The Morgan fingerprint density at radius 2 is 2.04 bits per heavy atom. The summed E-state index contributed by atoms with van der Waals surface area (Å²) in [6.45, 7) is 3.33. The van der Waals surface area contributed by atoms with Crippen LogP contribution in [0.2, 0.25) is 10.2 Å². The minimum absolute atomic E-state index is 0. The van der Waals surface area contributed by atoms with Crippen molar-refractivity contribution in [2.45, 2.75) is 26.1 Å². The lowest BCUT2D eigenvalue weighted by Gasteiger charge is -2.11. The lowest BCUT2D eigenvalue weighted by atomic mass is 10.4. The number of nitrogens with zero attached hydrogens (tertiary/aromatic N) is 3. The molecule has 0 aromatic carbocycles. The normalized spacial score (nSPS) is 12.0. The van der Waals surface area contributed by atoms with Crippen molar-refractivity contribution in [3.05, 3.63) is 38.0 Å². The van der Waals surface area contributed by atoms with Crippen molar-refractivity contribution in [2.24, 2.45) is 12.0 Å². The maximum Gasteiger partial charge on any atom is 0.434 e. The van der Waals surface area contributed by atoms with E-state index in [0.717, 1.165) is 22.4 Å². The van der Waals surface area contributed by atoms with Crippen LogP contribution in [0.25, 0.3) is 0 Å². The van der Waals surface area contributed by atoms with E-state index in [1.54, 1.807) is 17.7 Å². The van der Waals surface area contributed by atoms with Crippen molar-refractivity contribution in [2.75, 3.05) is 13.1 Å². The zero-order valence-electron chi connectivity index (χ0n) is 14.5. The van der Waals surface area contributed by atoms with Gasteiger partial charge in [0.2, 0.25) is 0 Å². The van der Waals surface area contributed by atoms with E-state index in [-0.39, 0.29) is 24.0 Å². The Balaban J connectivity index is 0.00000364. The summed E-state index contributed by atoms with van der Waals surface area (Å²) in [4.78, 5) is 8.04. The molecule has 0 fully saturated rings. The number of guanidine groups is 1. The molecule has 0 aliphatic heterocycles. The zero-order chi connectivity index (χ0) is 19.3. The highest BCUT2D eigenvalue weighted by Gasteiger charge is 2.33. The second-order valence-electron chi connectivity index (χ2n) is 5.33. The Bertz CT molecular complexity index is 776. The van der Waals surface area contributed by atoms with Gasteiger partial charge >= 0.3 is 6.18 Å². The van der Waals surface area contributed by atoms with Crippen LogP contribution in [-0.2, 0) is 26.2 Å². The SMILES string of the molecule is CCNC(=NCc1cc(Cl)c(Cl)n1C)NCCc1nc(C(F)(F)F)cs1.I. The molecular weight excluding hydrogens is 537 g/mol. The minimum Gasteiger partial charge on any atom is -0.357 e. The number of rotatable bonds is 6. The van der Waals surface area contributed by atoms with Crippen molar-refractivity contribution in [1.29, 1.82) is 0 Å². The Kier molecular flexibility index (Phi) is 9.66. The van der Waals surface area contributed by atoms with E-state index in [1.165, 1.54) is 0 Å². The summed E-state index contributed by atoms with van der Waals surface area (Å²) in [5, 5.41) is 8.50. The topological polar surface area (TPSA) is 54.2 Å². The molecule has 5 nitrogen and oxygen atoms in total. The van der Waals surface area contributed by atoms with E-state index in [4.69, 9.17) is 23.2 Å². The number of nitrogens with one attached hydrogen (secondary N) is 2. The van der Waals surface area contributed by atoms with Gasteiger partial charge in [-0.3, -0.25) is 0 Å². The second kappa shape index (κ2) is 10.7. The molecule has 0 radical (unpaired) electrons. The van der Waals surface area contributed by atoms with Crippen molar-refractivity contribution in [3.63, 3.8) is 0 Å². The molecule has 0 aliphatic rings. The fraction of sp³-hybridized carbons (Fsp3) is 0.467. The average Bonchev–Trinajstić information content (AvgIpc) is 3.14. The number of thiazole rings is 1. The van der Waals surface area contributed by atoms with Crippen LogP contribution in [0.1, 0.15) is 23.3 Å². The van der Waals surface area contributed by atoms with E-state index in [1.807, 2.05) is 6.92 Å². The third kappa shape index (κ3) is 6.99. The molecule has 0 amide bonds. The van der Waals surface area contributed by atoms with Gasteiger partial charge in [-0.1, -0.05) is 23.2 Å². The molecule has 27 heavy (non-hydrogen) atoms. The molecule has 2 heterocycles. The number of alkyl halides is 3. The van der Waals surface area contributed by atoms with Gasteiger partial charge in [-0.2, -0.15) is 13.2 Å². The smallest absolute Gasteiger partial charge is 0.357 e. The Morgan fingerprint density at radius 1 is 1.33 bits per heavy atom. The van der Waals surface area contributed by atoms with Crippen LogP contribution < -0.4 is 10.6 Å². The summed E-state index contributed by atoms with van der Waals surface area (Å²) in [5.41, 5.74) is -0.0116. The summed E-state index contributed by atoms with van der Waals surface area (Å²) < 4.78 is 39.4. The first-order valence-corrected chi connectivity index (χ1v) is 9.39. The molecule has 2 N–H and O–H groups in total. The first-order chi connectivity index (χ1) is 12.2. The third-order valence-electron chi connectivity index (χ3n) is 3.43. The first kappa shape index (κ1) is 24.3. The van der Waals surface area contributed by atoms with Crippen LogP contribution in [0.5, 0.6) is 0 Å². The molecule has 152 valence electrons. The van der Waals surface area contributed by atoms with Gasteiger partial charge < -0.3 is 15.2 Å². The summed E-state index contributed by atoms with van der Waals surface area (Å²) in [6.07, 6.45) is -4.04. The van der Waals surface area contributed by atoms with Crippen LogP contribution in [0, 0.1) is 0 Å². The Labute approximate surface area is 186 Å². The molecular formula is C15H19Cl2F3IN5S. The van der Waals surface area contributed by atoms with E-state index in [0.29, 0.717) is 47.2 Å². The first-order valence-electron chi connectivity index (χ1n) is 7.75. The van der Waals surface area contributed by atoms with Crippen LogP contribution in [-0.4, -0.2) is 28.6 Å². The number of halogens is 6. The third-order valence-corrected chi connectivity index (χ3v) is 5.18. The van der Waals surface area contributed by atoms with Gasteiger partial charge in [-0.05, 0) is 13.0 Å². The van der Waals surface area contributed by atoms with Crippen LogP contribution >= 0.6 is 58.5 Å². The van der Waals surface area contributed by atoms with E-state index in [9.17, 15) is 13.2 Å². The van der Waals surface area contributed by atoms with E-state index in [2.05, 4.69) is 20.6 Å². The Morgan fingerprint density at radius 3 is 2.56 bits per heavy atom. The fourth-order valence-corrected chi connectivity index (χ4v) is 3.31. The number of hydrogen-bond acceptors (Lipinski definition) is 3. The standard InChI is InChI=1S/C15H18Cl2F3N5S.HI/c1-3-21-14(23-7-9-6-10(16)13(17)25(9)2)22-5-4-12-24-11(8-26-12)15(18,19)20;/h6,8H,3-5,7H2,1-2H3,(H2,21,22,23);1H. The summed E-state index contributed by atoms with van der Waals surface area (Å²) in [6, 6.07) is 1.74. The molecule has 0 unspecified atom stereocenters. The van der Waals surface area contributed by atoms with Gasteiger partial charge in [-0.25, -0.2) is 9.98 Å². The molecule has 0 bridgehead atoms.